The van der Waals surface area contributed by atoms with E-state index in [0.29, 0.717) is 16.7 Å². The second-order valence-corrected chi connectivity index (χ2v) is 5.58. The molecule has 0 saturated heterocycles. The van der Waals surface area contributed by atoms with E-state index in [9.17, 15) is 9.59 Å². The number of anilines is 2. The van der Waals surface area contributed by atoms with Crippen LogP contribution in [0.2, 0.25) is 0 Å². The maximum Gasteiger partial charge on any atom is 0.308 e. The SMILES string of the molecule is C#Cc1cccc(Nc2ncnc3cc(OC(C)=O)c(OC(C)=O)cc23)c1. The molecule has 0 amide bonds. The van der Waals surface area contributed by atoms with Gasteiger partial charge in [0.25, 0.3) is 0 Å². The number of hydrogen-bond donors (Lipinski definition) is 1. The van der Waals surface area contributed by atoms with E-state index in [1.807, 2.05) is 18.2 Å². The van der Waals surface area contributed by atoms with Crippen molar-refractivity contribution in [2.24, 2.45) is 0 Å². The number of esters is 2. The van der Waals surface area contributed by atoms with Crippen molar-refractivity contribution in [2.75, 3.05) is 5.32 Å². The number of nitrogens with one attached hydrogen (secondary N) is 1. The fourth-order valence-electron chi connectivity index (χ4n) is 2.46. The van der Waals surface area contributed by atoms with Gasteiger partial charge in [0.05, 0.1) is 5.52 Å². The van der Waals surface area contributed by atoms with Crippen molar-refractivity contribution in [1.29, 1.82) is 0 Å². The predicted octanol–water partition coefficient (Wildman–Crippen LogP) is 3.21. The smallest absolute Gasteiger partial charge is 0.308 e. The monoisotopic (exact) mass is 361 g/mol. The Bertz CT molecular complexity index is 1090. The lowest BCUT2D eigenvalue weighted by atomic mass is 10.2. The third-order valence-corrected chi connectivity index (χ3v) is 3.50. The fourth-order valence-corrected chi connectivity index (χ4v) is 2.46. The number of nitrogens with zero attached hydrogens (tertiary/aromatic N) is 2. The highest BCUT2D eigenvalue weighted by Crippen LogP contribution is 2.35. The summed E-state index contributed by atoms with van der Waals surface area (Å²) in [5.74, 6) is 2.16. The van der Waals surface area contributed by atoms with Crippen LogP contribution in [0.3, 0.4) is 0 Å². The van der Waals surface area contributed by atoms with Crippen molar-refractivity contribution in [3.63, 3.8) is 0 Å². The van der Waals surface area contributed by atoms with Crippen LogP contribution in [0.4, 0.5) is 11.5 Å². The zero-order valence-electron chi connectivity index (χ0n) is 14.6. The van der Waals surface area contributed by atoms with Gasteiger partial charge in [0.15, 0.2) is 11.5 Å². The summed E-state index contributed by atoms with van der Waals surface area (Å²) in [7, 11) is 0. The molecule has 1 N–H and O–H groups in total. The van der Waals surface area contributed by atoms with E-state index >= 15 is 0 Å². The molecule has 2 aromatic carbocycles. The maximum absolute atomic E-state index is 11.4. The van der Waals surface area contributed by atoms with Crippen LogP contribution in [0.15, 0.2) is 42.7 Å². The lowest BCUT2D eigenvalue weighted by Crippen LogP contribution is -2.07. The first-order chi connectivity index (χ1) is 13.0. The van der Waals surface area contributed by atoms with E-state index < -0.39 is 11.9 Å². The molecule has 1 aromatic heterocycles. The van der Waals surface area contributed by atoms with Crippen molar-refractivity contribution in [3.05, 3.63) is 48.3 Å². The van der Waals surface area contributed by atoms with Crippen LogP contribution in [0.5, 0.6) is 11.5 Å². The molecule has 0 saturated carbocycles. The standard InChI is InChI=1S/C20H15N3O4/c1-4-14-6-5-7-15(8-14)23-20-16-9-18(26-12(2)24)19(27-13(3)25)10-17(16)21-11-22-20/h1,5-11H,2-3H3,(H,21,22,23). The lowest BCUT2D eigenvalue weighted by molar-refractivity contribution is -0.134. The van der Waals surface area contributed by atoms with Gasteiger partial charge in [-0.2, -0.15) is 0 Å². The van der Waals surface area contributed by atoms with Gasteiger partial charge in [-0.15, -0.1) is 6.42 Å². The van der Waals surface area contributed by atoms with E-state index in [1.165, 1.54) is 26.2 Å². The van der Waals surface area contributed by atoms with Crippen molar-refractivity contribution < 1.29 is 19.1 Å². The first-order valence-electron chi connectivity index (χ1n) is 7.95. The summed E-state index contributed by atoms with van der Waals surface area (Å²) < 4.78 is 10.3. The molecule has 3 aromatic rings. The molecule has 7 nitrogen and oxygen atoms in total. The van der Waals surface area contributed by atoms with Crippen LogP contribution < -0.4 is 14.8 Å². The van der Waals surface area contributed by atoms with Crippen LogP contribution in [0.1, 0.15) is 19.4 Å². The topological polar surface area (TPSA) is 90.4 Å². The highest BCUT2D eigenvalue weighted by atomic mass is 16.6. The van der Waals surface area contributed by atoms with Crippen molar-refractivity contribution in [2.45, 2.75) is 13.8 Å². The van der Waals surface area contributed by atoms with E-state index in [4.69, 9.17) is 15.9 Å². The minimum Gasteiger partial charge on any atom is -0.423 e. The highest BCUT2D eigenvalue weighted by Gasteiger charge is 2.15. The number of carbonyl (C=O) groups is 2. The Hall–Kier alpha value is -3.92. The highest BCUT2D eigenvalue weighted by molar-refractivity contribution is 5.94. The van der Waals surface area contributed by atoms with Gasteiger partial charge < -0.3 is 14.8 Å². The third kappa shape index (κ3) is 4.19. The van der Waals surface area contributed by atoms with E-state index in [0.717, 1.165) is 11.3 Å². The minimum atomic E-state index is -0.546. The van der Waals surface area contributed by atoms with Gasteiger partial charge in [-0.3, -0.25) is 9.59 Å². The van der Waals surface area contributed by atoms with Crippen molar-refractivity contribution in [3.8, 4) is 23.8 Å². The van der Waals surface area contributed by atoms with Crippen LogP contribution in [0.25, 0.3) is 10.9 Å². The Kier molecular flexibility index (Phi) is 4.99. The molecule has 0 aliphatic heterocycles. The molecule has 0 bridgehead atoms. The average Bonchev–Trinajstić information content (AvgIpc) is 2.62. The predicted molar refractivity (Wildman–Crippen MR) is 99.8 cm³/mol. The number of terminal acetylenes is 1. The Morgan fingerprint density at radius 1 is 1.04 bits per heavy atom. The second kappa shape index (κ2) is 7.54. The number of carbonyl (C=O) groups excluding carboxylic acids is 2. The lowest BCUT2D eigenvalue weighted by Gasteiger charge is -2.12. The molecule has 134 valence electrons. The zero-order valence-corrected chi connectivity index (χ0v) is 14.6. The van der Waals surface area contributed by atoms with Gasteiger partial charge in [0.1, 0.15) is 12.1 Å². The summed E-state index contributed by atoms with van der Waals surface area (Å²) in [6.07, 6.45) is 6.81. The summed E-state index contributed by atoms with van der Waals surface area (Å²) in [5, 5.41) is 3.75. The molecule has 1 heterocycles. The quantitative estimate of drug-likeness (QED) is 0.433. The van der Waals surface area contributed by atoms with E-state index in [2.05, 4.69) is 21.2 Å². The van der Waals surface area contributed by atoms with Crippen molar-refractivity contribution >= 4 is 34.3 Å². The number of aromatic nitrogens is 2. The Balaban J connectivity index is 2.09. The van der Waals surface area contributed by atoms with Gasteiger partial charge >= 0.3 is 11.9 Å². The zero-order chi connectivity index (χ0) is 19.4. The van der Waals surface area contributed by atoms with Gasteiger partial charge in [0.2, 0.25) is 0 Å². The molecule has 3 rings (SSSR count). The Labute approximate surface area is 155 Å². The number of hydrogen-bond acceptors (Lipinski definition) is 7. The first-order valence-corrected chi connectivity index (χ1v) is 7.95. The largest absolute Gasteiger partial charge is 0.423 e. The van der Waals surface area contributed by atoms with Crippen LogP contribution in [-0.2, 0) is 9.59 Å². The molecule has 27 heavy (non-hydrogen) atoms. The third-order valence-electron chi connectivity index (χ3n) is 3.50. The molecule has 0 aliphatic rings. The molecule has 0 unspecified atom stereocenters. The van der Waals surface area contributed by atoms with E-state index in [1.54, 1.807) is 12.1 Å². The van der Waals surface area contributed by atoms with Gasteiger partial charge in [-0.05, 0) is 24.3 Å². The molecule has 0 aliphatic carbocycles. The van der Waals surface area contributed by atoms with Gasteiger partial charge in [-0.25, -0.2) is 9.97 Å². The normalized spacial score (nSPS) is 10.1. The van der Waals surface area contributed by atoms with Crippen molar-refractivity contribution in [1.82, 2.24) is 9.97 Å². The van der Waals surface area contributed by atoms with Crippen LogP contribution in [-0.4, -0.2) is 21.9 Å². The molecular formula is C20H15N3O4. The molecule has 0 radical (unpaired) electrons. The number of fused-ring (bicyclic) bond motifs is 1. The molecule has 7 heteroatoms. The van der Waals surface area contributed by atoms with Crippen LogP contribution in [0, 0.1) is 12.3 Å². The number of ether oxygens (including phenoxy) is 2. The van der Waals surface area contributed by atoms with Gasteiger partial charge in [0, 0.05) is 36.6 Å². The fraction of sp³-hybridized carbons (Fsp3) is 0.100. The first kappa shape index (κ1) is 17.9. The molecule has 0 spiro atoms. The van der Waals surface area contributed by atoms with Gasteiger partial charge in [-0.1, -0.05) is 12.0 Å². The van der Waals surface area contributed by atoms with E-state index in [-0.39, 0.29) is 11.5 Å². The summed E-state index contributed by atoms with van der Waals surface area (Å²) in [4.78, 5) is 31.2. The Morgan fingerprint density at radius 2 is 1.74 bits per heavy atom. The summed E-state index contributed by atoms with van der Waals surface area (Å²) in [6, 6.07) is 10.3. The second-order valence-electron chi connectivity index (χ2n) is 5.58. The summed E-state index contributed by atoms with van der Waals surface area (Å²) in [6.45, 7) is 2.51. The number of benzene rings is 2. The molecule has 0 atom stereocenters. The average molecular weight is 361 g/mol. The molecular weight excluding hydrogens is 346 g/mol. The molecule has 0 fully saturated rings. The summed E-state index contributed by atoms with van der Waals surface area (Å²) >= 11 is 0. The van der Waals surface area contributed by atoms with Crippen LogP contribution >= 0.6 is 0 Å². The number of rotatable bonds is 4. The minimum absolute atomic E-state index is 0.0976. The maximum atomic E-state index is 11.4. The summed E-state index contributed by atoms with van der Waals surface area (Å²) in [5.41, 5.74) is 1.97. The Morgan fingerprint density at radius 3 is 2.41 bits per heavy atom.